The molecule has 0 saturated carbocycles. The highest BCUT2D eigenvalue weighted by atomic mass is 16.5. The summed E-state index contributed by atoms with van der Waals surface area (Å²) in [5.41, 5.74) is 2.33. The van der Waals surface area contributed by atoms with Gasteiger partial charge in [0.25, 0.3) is 5.91 Å². The molecule has 128 valence electrons. The van der Waals surface area contributed by atoms with Crippen LogP contribution in [0.1, 0.15) is 16.8 Å². The van der Waals surface area contributed by atoms with Crippen molar-refractivity contribution in [3.05, 3.63) is 36.3 Å². The van der Waals surface area contributed by atoms with Crippen LogP contribution in [-0.4, -0.2) is 65.0 Å². The van der Waals surface area contributed by atoms with Gasteiger partial charge in [0.2, 0.25) is 0 Å². The van der Waals surface area contributed by atoms with Crippen LogP contribution in [0.5, 0.6) is 0 Å². The third-order valence-electron chi connectivity index (χ3n) is 4.07. The van der Waals surface area contributed by atoms with Gasteiger partial charge >= 0.3 is 0 Å². The number of amides is 1. The summed E-state index contributed by atoms with van der Waals surface area (Å²) in [6, 6.07) is 3.65. The zero-order chi connectivity index (χ0) is 16.8. The quantitative estimate of drug-likeness (QED) is 0.799. The van der Waals surface area contributed by atoms with Gasteiger partial charge in [-0.2, -0.15) is 5.10 Å². The Kier molecular flexibility index (Phi) is 5.55. The van der Waals surface area contributed by atoms with Crippen molar-refractivity contribution < 1.29 is 9.53 Å². The van der Waals surface area contributed by atoms with Crippen LogP contribution in [0.4, 0.5) is 0 Å². The van der Waals surface area contributed by atoms with Crippen molar-refractivity contribution in [1.29, 1.82) is 0 Å². The van der Waals surface area contributed by atoms with E-state index in [2.05, 4.69) is 20.3 Å². The highest BCUT2D eigenvalue weighted by Gasteiger charge is 2.10. The normalized spacial score (nSPS) is 15.4. The van der Waals surface area contributed by atoms with E-state index in [9.17, 15) is 4.79 Å². The van der Waals surface area contributed by atoms with Crippen LogP contribution in [0.25, 0.3) is 11.3 Å². The zero-order valence-corrected chi connectivity index (χ0v) is 13.9. The molecule has 7 heteroatoms. The van der Waals surface area contributed by atoms with Crippen LogP contribution in [-0.2, 0) is 11.8 Å². The lowest BCUT2D eigenvalue weighted by Gasteiger charge is -2.26. The van der Waals surface area contributed by atoms with Gasteiger partial charge in [-0.15, -0.1) is 0 Å². The lowest BCUT2D eigenvalue weighted by molar-refractivity contribution is 0.0374. The topological polar surface area (TPSA) is 72.3 Å². The smallest absolute Gasteiger partial charge is 0.252 e. The summed E-state index contributed by atoms with van der Waals surface area (Å²) in [5.74, 6) is -0.0813. The first-order valence-electron chi connectivity index (χ1n) is 8.26. The minimum atomic E-state index is -0.0813. The molecule has 1 saturated heterocycles. The second kappa shape index (κ2) is 8.03. The molecule has 0 bridgehead atoms. The Bertz CT molecular complexity index is 662. The maximum Gasteiger partial charge on any atom is 0.252 e. The average Bonchev–Trinajstić information content (AvgIpc) is 3.06. The molecule has 0 radical (unpaired) electrons. The predicted octanol–water partition coefficient (Wildman–Crippen LogP) is 0.934. The largest absolute Gasteiger partial charge is 0.379 e. The maximum atomic E-state index is 12.1. The number of nitrogens with one attached hydrogen (secondary N) is 1. The molecule has 1 aliphatic rings. The van der Waals surface area contributed by atoms with E-state index in [1.165, 1.54) is 0 Å². The van der Waals surface area contributed by atoms with E-state index in [-0.39, 0.29) is 5.91 Å². The van der Waals surface area contributed by atoms with Crippen LogP contribution in [0, 0.1) is 0 Å². The van der Waals surface area contributed by atoms with Gasteiger partial charge in [0.15, 0.2) is 0 Å². The predicted molar refractivity (Wildman–Crippen MR) is 90.6 cm³/mol. The summed E-state index contributed by atoms with van der Waals surface area (Å²) in [7, 11) is 1.86. The fourth-order valence-electron chi connectivity index (χ4n) is 2.68. The molecule has 0 atom stereocenters. The Labute approximate surface area is 141 Å². The van der Waals surface area contributed by atoms with Gasteiger partial charge in [-0.05, 0) is 25.1 Å². The van der Waals surface area contributed by atoms with Crippen LogP contribution in [0.3, 0.4) is 0 Å². The minimum Gasteiger partial charge on any atom is -0.379 e. The highest BCUT2D eigenvalue weighted by Crippen LogP contribution is 2.15. The summed E-state index contributed by atoms with van der Waals surface area (Å²) < 4.78 is 7.05. The monoisotopic (exact) mass is 329 g/mol. The second-order valence-corrected chi connectivity index (χ2v) is 5.90. The van der Waals surface area contributed by atoms with Gasteiger partial charge in [-0.3, -0.25) is 19.4 Å². The molecular formula is C17H23N5O2. The fraction of sp³-hybridized carbons (Fsp3) is 0.471. The number of morpholine rings is 1. The number of carbonyl (C=O) groups excluding carboxylic acids is 1. The minimum absolute atomic E-state index is 0.0813. The molecule has 1 amide bonds. The maximum absolute atomic E-state index is 12.1. The van der Waals surface area contributed by atoms with Crippen molar-refractivity contribution in [3.63, 3.8) is 0 Å². The van der Waals surface area contributed by atoms with Crippen LogP contribution in [0.15, 0.2) is 30.7 Å². The van der Waals surface area contributed by atoms with Crippen LogP contribution in [0.2, 0.25) is 0 Å². The lowest BCUT2D eigenvalue weighted by atomic mass is 10.2. The van der Waals surface area contributed by atoms with E-state index < -0.39 is 0 Å². The molecule has 0 spiro atoms. The van der Waals surface area contributed by atoms with Crippen molar-refractivity contribution in [2.75, 3.05) is 39.4 Å². The van der Waals surface area contributed by atoms with Crippen molar-refractivity contribution in [3.8, 4) is 11.3 Å². The van der Waals surface area contributed by atoms with Crippen molar-refractivity contribution in [2.45, 2.75) is 6.42 Å². The Balaban J connectivity index is 1.44. The number of nitrogens with zero attached hydrogens (tertiary/aromatic N) is 4. The number of aromatic nitrogens is 3. The third-order valence-corrected chi connectivity index (χ3v) is 4.07. The average molecular weight is 329 g/mol. The molecule has 7 nitrogen and oxygen atoms in total. The van der Waals surface area contributed by atoms with E-state index in [1.54, 1.807) is 23.1 Å². The first-order valence-corrected chi connectivity index (χ1v) is 8.26. The molecule has 1 N–H and O–H groups in total. The number of aryl methyl sites for hydroxylation is 1. The number of pyridine rings is 1. The highest BCUT2D eigenvalue weighted by molar-refractivity contribution is 5.94. The van der Waals surface area contributed by atoms with Crippen molar-refractivity contribution in [2.24, 2.45) is 7.05 Å². The Morgan fingerprint density at radius 3 is 2.79 bits per heavy atom. The van der Waals surface area contributed by atoms with E-state index in [1.807, 2.05) is 19.3 Å². The summed E-state index contributed by atoms with van der Waals surface area (Å²) in [6.45, 7) is 5.23. The fourth-order valence-corrected chi connectivity index (χ4v) is 2.68. The lowest BCUT2D eigenvalue weighted by Crippen LogP contribution is -2.38. The molecule has 0 unspecified atom stereocenters. The number of ether oxygens (including phenoxy) is 1. The van der Waals surface area contributed by atoms with Gasteiger partial charge in [-0.25, -0.2) is 0 Å². The zero-order valence-electron chi connectivity index (χ0n) is 13.9. The van der Waals surface area contributed by atoms with E-state index >= 15 is 0 Å². The number of hydrogen-bond donors (Lipinski definition) is 1. The van der Waals surface area contributed by atoms with E-state index in [0.717, 1.165) is 50.5 Å². The summed E-state index contributed by atoms with van der Waals surface area (Å²) in [4.78, 5) is 18.9. The Morgan fingerprint density at radius 2 is 2.12 bits per heavy atom. The van der Waals surface area contributed by atoms with Gasteiger partial charge in [0.05, 0.1) is 30.7 Å². The van der Waals surface area contributed by atoms with Gasteiger partial charge in [0.1, 0.15) is 0 Å². The van der Waals surface area contributed by atoms with Gasteiger partial charge in [0, 0.05) is 44.6 Å². The molecule has 3 rings (SSSR count). The third kappa shape index (κ3) is 4.39. The number of hydrogen-bond acceptors (Lipinski definition) is 5. The van der Waals surface area contributed by atoms with E-state index in [0.29, 0.717) is 12.1 Å². The second-order valence-electron chi connectivity index (χ2n) is 5.90. The Hall–Kier alpha value is -2.25. The number of rotatable bonds is 6. The summed E-state index contributed by atoms with van der Waals surface area (Å²) >= 11 is 0. The molecule has 2 aromatic heterocycles. The first kappa shape index (κ1) is 16.6. The van der Waals surface area contributed by atoms with Crippen molar-refractivity contribution >= 4 is 5.91 Å². The van der Waals surface area contributed by atoms with E-state index in [4.69, 9.17) is 4.74 Å². The summed E-state index contributed by atoms with van der Waals surface area (Å²) in [5, 5.41) is 7.07. The van der Waals surface area contributed by atoms with Crippen LogP contribution < -0.4 is 5.32 Å². The molecule has 1 aliphatic heterocycles. The first-order chi connectivity index (χ1) is 11.7. The molecule has 0 aliphatic carbocycles. The Morgan fingerprint density at radius 1 is 1.29 bits per heavy atom. The van der Waals surface area contributed by atoms with Gasteiger partial charge < -0.3 is 10.1 Å². The van der Waals surface area contributed by atoms with Crippen LogP contribution >= 0.6 is 0 Å². The molecule has 1 fully saturated rings. The van der Waals surface area contributed by atoms with Gasteiger partial charge in [-0.1, -0.05) is 0 Å². The molecule has 0 aromatic carbocycles. The molecule has 24 heavy (non-hydrogen) atoms. The SMILES string of the molecule is Cn1cc(-c2ccc(C(=O)NCCCN3CCOCC3)cn2)cn1. The standard InChI is InChI=1S/C17H23N5O2/c1-21-13-15(12-20-21)16-4-3-14(11-19-16)17(23)18-5-2-6-22-7-9-24-10-8-22/h3-4,11-13H,2,5-10H2,1H3,(H,18,23). The molecule has 2 aromatic rings. The number of carbonyl (C=O) groups is 1. The summed E-state index contributed by atoms with van der Waals surface area (Å²) in [6.07, 6.45) is 6.20. The van der Waals surface area contributed by atoms with Crippen molar-refractivity contribution in [1.82, 2.24) is 25.0 Å². The molecule has 3 heterocycles. The molecular weight excluding hydrogens is 306 g/mol.